The normalized spacial score (nSPS) is 12.1. The Morgan fingerprint density at radius 3 is 2.47 bits per heavy atom. The van der Waals surface area contributed by atoms with Gasteiger partial charge in [0.1, 0.15) is 0 Å². The highest BCUT2D eigenvalue weighted by Gasteiger charge is 2.19. The fourth-order valence-electron chi connectivity index (χ4n) is 1.56. The van der Waals surface area contributed by atoms with E-state index in [0.29, 0.717) is 12.4 Å². The zero-order valence-corrected chi connectivity index (χ0v) is 12.5. The van der Waals surface area contributed by atoms with Crippen molar-refractivity contribution in [3.8, 4) is 0 Å². The summed E-state index contributed by atoms with van der Waals surface area (Å²) in [7, 11) is 0. The molecule has 1 rings (SSSR count). The van der Waals surface area contributed by atoms with Gasteiger partial charge in [0.2, 0.25) is 0 Å². The van der Waals surface area contributed by atoms with Gasteiger partial charge in [-0.2, -0.15) is 5.10 Å². The highest BCUT2D eigenvalue weighted by atomic mass is 35.5. The number of aryl methyl sites for hydroxylation is 2. The number of hydrogen-bond donors (Lipinski definition) is 1. The molecule has 5 heteroatoms. The molecule has 0 radical (unpaired) electrons. The highest BCUT2D eigenvalue weighted by Crippen LogP contribution is 2.22. The van der Waals surface area contributed by atoms with Crippen molar-refractivity contribution in [3.05, 3.63) is 16.4 Å². The van der Waals surface area contributed by atoms with Crippen molar-refractivity contribution >= 4 is 23.2 Å². The first kappa shape index (κ1) is 14.8. The number of nitrogens with one attached hydrogen (secondary N) is 1. The SMILES string of the molecule is CCc1nn(CC)c(CNC(C)(C)CCl)c1Cl. The summed E-state index contributed by atoms with van der Waals surface area (Å²) in [6, 6.07) is 0. The zero-order valence-electron chi connectivity index (χ0n) is 11.0. The Morgan fingerprint density at radius 2 is 2.00 bits per heavy atom. The molecule has 0 saturated heterocycles. The quantitative estimate of drug-likeness (QED) is 0.810. The van der Waals surface area contributed by atoms with Gasteiger partial charge >= 0.3 is 0 Å². The molecule has 1 aromatic rings. The number of aromatic nitrogens is 2. The summed E-state index contributed by atoms with van der Waals surface area (Å²) >= 11 is 12.2. The molecule has 1 N–H and O–H groups in total. The molecule has 0 unspecified atom stereocenters. The Bertz CT molecular complexity index is 372. The molecule has 3 nitrogen and oxygen atoms in total. The Kier molecular flexibility index (Phi) is 5.29. The van der Waals surface area contributed by atoms with Gasteiger partial charge in [0.25, 0.3) is 0 Å². The van der Waals surface area contributed by atoms with Crippen molar-refractivity contribution < 1.29 is 0 Å². The first-order chi connectivity index (χ1) is 7.95. The average Bonchev–Trinajstić information content (AvgIpc) is 2.63. The van der Waals surface area contributed by atoms with Crippen LogP contribution in [0.25, 0.3) is 0 Å². The van der Waals surface area contributed by atoms with E-state index in [4.69, 9.17) is 23.2 Å². The van der Waals surface area contributed by atoms with Crippen molar-refractivity contribution in [2.24, 2.45) is 0 Å². The number of nitrogens with zero attached hydrogens (tertiary/aromatic N) is 2. The third-order valence-corrected chi connectivity index (χ3v) is 3.87. The molecule has 0 spiro atoms. The fraction of sp³-hybridized carbons (Fsp3) is 0.750. The van der Waals surface area contributed by atoms with Crippen LogP contribution in [0.5, 0.6) is 0 Å². The van der Waals surface area contributed by atoms with Crippen LogP contribution in [0, 0.1) is 0 Å². The van der Waals surface area contributed by atoms with E-state index in [1.54, 1.807) is 0 Å². The second kappa shape index (κ2) is 6.07. The number of rotatable bonds is 6. The minimum atomic E-state index is -0.0971. The Hall–Kier alpha value is -0.250. The third-order valence-electron chi connectivity index (χ3n) is 2.76. The molecule has 1 aromatic heterocycles. The topological polar surface area (TPSA) is 29.9 Å². The second-order valence-electron chi connectivity index (χ2n) is 4.75. The number of halogens is 2. The molecule has 0 atom stereocenters. The molecular weight excluding hydrogens is 257 g/mol. The Morgan fingerprint density at radius 1 is 1.35 bits per heavy atom. The molecule has 0 aliphatic carbocycles. The molecule has 0 aromatic carbocycles. The van der Waals surface area contributed by atoms with Crippen LogP contribution in [0.3, 0.4) is 0 Å². The van der Waals surface area contributed by atoms with E-state index in [-0.39, 0.29) is 5.54 Å². The summed E-state index contributed by atoms with van der Waals surface area (Å²) in [6.45, 7) is 9.80. The van der Waals surface area contributed by atoms with Gasteiger partial charge in [0, 0.05) is 24.5 Å². The van der Waals surface area contributed by atoms with Crippen LogP contribution in [0.1, 0.15) is 39.1 Å². The molecule has 0 bridgehead atoms. The minimum absolute atomic E-state index is 0.0971. The summed E-state index contributed by atoms with van der Waals surface area (Å²) in [6.07, 6.45) is 0.859. The molecule has 1 heterocycles. The van der Waals surface area contributed by atoms with E-state index in [2.05, 4.69) is 38.1 Å². The smallest absolute Gasteiger partial charge is 0.0863 e. The molecule has 0 aliphatic rings. The van der Waals surface area contributed by atoms with Crippen LogP contribution < -0.4 is 5.32 Å². The molecule has 98 valence electrons. The molecule has 17 heavy (non-hydrogen) atoms. The van der Waals surface area contributed by atoms with E-state index < -0.39 is 0 Å². The van der Waals surface area contributed by atoms with Crippen LogP contribution in [-0.2, 0) is 19.5 Å². The summed E-state index contributed by atoms with van der Waals surface area (Å²) < 4.78 is 1.96. The number of alkyl halides is 1. The Labute approximate surface area is 113 Å². The summed E-state index contributed by atoms with van der Waals surface area (Å²) in [5, 5.41) is 8.67. The third kappa shape index (κ3) is 3.60. The molecule has 0 amide bonds. The fourth-order valence-corrected chi connectivity index (χ4v) is 1.99. The van der Waals surface area contributed by atoms with Gasteiger partial charge in [-0.15, -0.1) is 11.6 Å². The van der Waals surface area contributed by atoms with Crippen molar-refractivity contribution in [3.63, 3.8) is 0 Å². The minimum Gasteiger partial charge on any atom is -0.305 e. The molecule has 0 aliphatic heterocycles. The molecule has 0 fully saturated rings. The predicted molar refractivity (Wildman–Crippen MR) is 73.9 cm³/mol. The van der Waals surface area contributed by atoms with Gasteiger partial charge in [-0.1, -0.05) is 18.5 Å². The van der Waals surface area contributed by atoms with E-state index in [1.165, 1.54) is 0 Å². The van der Waals surface area contributed by atoms with Gasteiger partial charge in [0.05, 0.1) is 16.4 Å². The van der Waals surface area contributed by atoms with Gasteiger partial charge in [-0.05, 0) is 27.2 Å². The standard InChI is InChI=1S/C12H21Cl2N3/c1-5-9-11(14)10(17(6-2)16-9)7-15-12(3,4)8-13/h15H,5-8H2,1-4H3. The van der Waals surface area contributed by atoms with Crippen molar-refractivity contribution in [1.82, 2.24) is 15.1 Å². The van der Waals surface area contributed by atoms with Crippen molar-refractivity contribution in [1.29, 1.82) is 0 Å². The van der Waals surface area contributed by atoms with Gasteiger partial charge in [-0.25, -0.2) is 0 Å². The van der Waals surface area contributed by atoms with Crippen molar-refractivity contribution in [2.75, 3.05) is 5.88 Å². The van der Waals surface area contributed by atoms with Crippen LogP contribution in [0.4, 0.5) is 0 Å². The summed E-state index contributed by atoms with van der Waals surface area (Å²) in [4.78, 5) is 0. The van der Waals surface area contributed by atoms with E-state index in [0.717, 1.165) is 29.4 Å². The van der Waals surface area contributed by atoms with Gasteiger partial charge < -0.3 is 5.32 Å². The van der Waals surface area contributed by atoms with Gasteiger partial charge in [-0.3, -0.25) is 4.68 Å². The summed E-state index contributed by atoms with van der Waals surface area (Å²) in [5.74, 6) is 0.561. The van der Waals surface area contributed by atoms with Crippen LogP contribution in [-0.4, -0.2) is 21.2 Å². The molecule has 0 saturated carbocycles. The highest BCUT2D eigenvalue weighted by molar-refractivity contribution is 6.31. The average molecular weight is 278 g/mol. The lowest BCUT2D eigenvalue weighted by molar-refractivity contribution is 0.417. The number of hydrogen-bond acceptors (Lipinski definition) is 2. The summed E-state index contributed by atoms with van der Waals surface area (Å²) in [5.41, 5.74) is 1.92. The largest absolute Gasteiger partial charge is 0.305 e. The first-order valence-corrected chi connectivity index (χ1v) is 6.91. The van der Waals surface area contributed by atoms with E-state index in [1.807, 2.05) is 4.68 Å². The van der Waals surface area contributed by atoms with Crippen LogP contribution >= 0.6 is 23.2 Å². The van der Waals surface area contributed by atoms with Gasteiger partial charge in [0.15, 0.2) is 0 Å². The first-order valence-electron chi connectivity index (χ1n) is 6.00. The lowest BCUT2D eigenvalue weighted by Crippen LogP contribution is -2.40. The maximum absolute atomic E-state index is 6.32. The van der Waals surface area contributed by atoms with E-state index >= 15 is 0 Å². The Balaban J connectivity index is 2.86. The van der Waals surface area contributed by atoms with Crippen LogP contribution in [0.2, 0.25) is 5.02 Å². The second-order valence-corrected chi connectivity index (χ2v) is 5.39. The zero-order chi connectivity index (χ0) is 13.1. The molecular formula is C12H21Cl2N3. The predicted octanol–water partition coefficient (Wildman–Crippen LogP) is 3.23. The van der Waals surface area contributed by atoms with E-state index in [9.17, 15) is 0 Å². The van der Waals surface area contributed by atoms with Crippen molar-refractivity contribution in [2.45, 2.75) is 52.7 Å². The monoisotopic (exact) mass is 277 g/mol. The maximum atomic E-state index is 6.32. The maximum Gasteiger partial charge on any atom is 0.0863 e. The lowest BCUT2D eigenvalue weighted by Gasteiger charge is -2.23. The van der Waals surface area contributed by atoms with Crippen LogP contribution in [0.15, 0.2) is 0 Å². The lowest BCUT2D eigenvalue weighted by atomic mass is 10.1.